The molecule has 2 unspecified atom stereocenters. The second kappa shape index (κ2) is 5.61. The second-order valence-corrected chi connectivity index (χ2v) is 5.52. The van der Waals surface area contributed by atoms with Crippen molar-refractivity contribution >= 4 is 17.3 Å². The third-order valence-electron chi connectivity index (χ3n) is 3.82. The van der Waals surface area contributed by atoms with Crippen LogP contribution in [-0.4, -0.2) is 32.6 Å². The summed E-state index contributed by atoms with van der Waals surface area (Å²) in [5.74, 6) is 0.190. The SMILES string of the molecule is Cc1ccc(NC(=O)C2CCNC2C)cc1N(C)C. The van der Waals surface area contributed by atoms with E-state index in [0.717, 1.165) is 24.3 Å². The highest BCUT2D eigenvalue weighted by molar-refractivity contribution is 5.93. The number of amides is 1. The van der Waals surface area contributed by atoms with E-state index in [0.29, 0.717) is 0 Å². The third-order valence-corrected chi connectivity index (χ3v) is 3.82. The summed E-state index contributed by atoms with van der Waals surface area (Å²) >= 11 is 0. The molecule has 4 nitrogen and oxygen atoms in total. The van der Waals surface area contributed by atoms with Crippen molar-refractivity contribution in [2.45, 2.75) is 26.3 Å². The van der Waals surface area contributed by atoms with Gasteiger partial charge in [0.1, 0.15) is 0 Å². The molecule has 1 aromatic carbocycles. The number of nitrogens with one attached hydrogen (secondary N) is 2. The minimum absolute atomic E-state index is 0.0732. The first-order valence-corrected chi connectivity index (χ1v) is 6.81. The largest absolute Gasteiger partial charge is 0.377 e. The van der Waals surface area contributed by atoms with Gasteiger partial charge >= 0.3 is 0 Å². The Labute approximate surface area is 115 Å². The molecule has 1 heterocycles. The number of hydrogen-bond donors (Lipinski definition) is 2. The highest BCUT2D eigenvalue weighted by atomic mass is 16.1. The predicted molar refractivity (Wildman–Crippen MR) is 79.7 cm³/mol. The Morgan fingerprint density at radius 3 is 2.74 bits per heavy atom. The van der Waals surface area contributed by atoms with Gasteiger partial charge in [-0.2, -0.15) is 0 Å². The van der Waals surface area contributed by atoms with Crippen molar-refractivity contribution in [2.24, 2.45) is 5.92 Å². The lowest BCUT2D eigenvalue weighted by Crippen LogP contribution is -2.32. The van der Waals surface area contributed by atoms with Crippen LogP contribution in [0.4, 0.5) is 11.4 Å². The number of nitrogens with zero attached hydrogens (tertiary/aromatic N) is 1. The van der Waals surface area contributed by atoms with Crippen LogP contribution >= 0.6 is 0 Å². The summed E-state index contributed by atoms with van der Waals surface area (Å²) in [5.41, 5.74) is 3.22. The molecule has 1 amide bonds. The first kappa shape index (κ1) is 13.9. The molecule has 0 spiro atoms. The molecule has 1 fully saturated rings. The summed E-state index contributed by atoms with van der Waals surface area (Å²) in [6, 6.07) is 6.30. The predicted octanol–water partition coefficient (Wildman–Crippen LogP) is 2.00. The summed E-state index contributed by atoms with van der Waals surface area (Å²) in [6.45, 7) is 5.07. The Hall–Kier alpha value is -1.55. The number of anilines is 2. The van der Waals surface area contributed by atoms with E-state index in [4.69, 9.17) is 0 Å². The van der Waals surface area contributed by atoms with E-state index in [2.05, 4.69) is 29.4 Å². The van der Waals surface area contributed by atoms with E-state index in [-0.39, 0.29) is 17.9 Å². The average Bonchev–Trinajstić information content (AvgIpc) is 2.77. The molecule has 1 aliphatic rings. The molecule has 1 aliphatic heterocycles. The van der Waals surface area contributed by atoms with Crippen LogP contribution in [0.25, 0.3) is 0 Å². The Balaban J connectivity index is 2.11. The fourth-order valence-corrected chi connectivity index (χ4v) is 2.62. The summed E-state index contributed by atoms with van der Waals surface area (Å²) in [4.78, 5) is 14.3. The molecule has 0 bridgehead atoms. The molecular weight excluding hydrogens is 238 g/mol. The maximum Gasteiger partial charge on any atom is 0.229 e. The fraction of sp³-hybridized carbons (Fsp3) is 0.533. The topological polar surface area (TPSA) is 44.4 Å². The van der Waals surface area contributed by atoms with Crippen LogP contribution in [0.2, 0.25) is 0 Å². The van der Waals surface area contributed by atoms with Gasteiger partial charge in [0.15, 0.2) is 0 Å². The zero-order valence-corrected chi connectivity index (χ0v) is 12.2. The molecule has 1 aromatic rings. The first-order valence-electron chi connectivity index (χ1n) is 6.81. The van der Waals surface area contributed by atoms with Crippen LogP contribution in [0.1, 0.15) is 18.9 Å². The van der Waals surface area contributed by atoms with Crippen molar-refractivity contribution in [1.82, 2.24) is 5.32 Å². The maximum absolute atomic E-state index is 12.2. The van der Waals surface area contributed by atoms with E-state index < -0.39 is 0 Å². The zero-order chi connectivity index (χ0) is 14.0. The number of aryl methyl sites for hydroxylation is 1. The normalized spacial score (nSPS) is 22.3. The van der Waals surface area contributed by atoms with Gasteiger partial charge in [0.05, 0.1) is 5.92 Å². The molecular formula is C15H23N3O. The Kier molecular flexibility index (Phi) is 4.10. The van der Waals surface area contributed by atoms with Gasteiger partial charge in [0.25, 0.3) is 0 Å². The van der Waals surface area contributed by atoms with Gasteiger partial charge in [-0.3, -0.25) is 4.79 Å². The van der Waals surface area contributed by atoms with Crippen molar-refractivity contribution < 1.29 is 4.79 Å². The molecule has 0 radical (unpaired) electrons. The molecule has 0 aliphatic carbocycles. The molecule has 2 atom stereocenters. The molecule has 2 N–H and O–H groups in total. The van der Waals surface area contributed by atoms with E-state index in [1.54, 1.807) is 0 Å². The standard InChI is InChI=1S/C15H23N3O/c1-10-5-6-12(9-14(10)18(3)4)17-15(19)13-7-8-16-11(13)2/h5-6,9,11,13,16H,7-8H2,1-4H3,(H,17,19). The molecule has 19 heavy (non-hydrogen) atoms. The van der Waals surface area contributed by atoms with E-state index >= 15 is 0 Å². The van der Waals surface area contributed by atoms with Crippen molar-refractivity contribution in [3.05, 3.63) is 23.8 Å². The summed E-state index contributed by atoms with van der Waals surface area (Å²) < 4.78 is 0. The average molecular weight is 261 g/mol. The number of carbonyl (C=O) groups is 1. The number of rotatable bonds is 3. The van der Waals surface area contributed by atoms with Crippen molar-refractivity contribution in [3.63, 3.8) is 0 Å². The second-order valence-electron chi connectivity index (χ2n) is 5.52. The first-order chi connectivity index (χ1) is 8.99. The van der Waals surface area contributed by atoms with Gasteiger partial charge in [0, 0.05) is 31.5 Å². The Morgan fingerprint density at radius 2 is 2.16 bits per heavy atom. The molecule has 1 saturated heterocycles. The van der Waals surface area contributed by atoms with Crippen LogP contribution in [-0.2, 0) is 4.79 Å². The highest BCUT2D eigenvalue weighted by Gasteiger charge is 2.29. The lowest BCUT2D eigenvalue weighted by Gasteiger charge is -2.19. The smallest absolute Gasteiger partial charge is 0.229 e. The summed E-state index contributed by atoms with van der Waals surface area (Å²) in [5, 5.41) is 6.34. The van der Waals surface area contributed by atoms with Crippen molar-refractivity contribution in [1.29, 1.82) is 0 Å². The molecule has 0 aromatic heterocycles. The van der Waals surface area contributed by atoms with Crippen LogP contribution in [0.3, 0.4) is 0 Å². The van der Waals surface area contributed by atoms with E-state index in [1.807, 2.05) is 32.3 Å². The quantitative estimate of drug-likeness (QED) is 0.874. The van der Waals surface area contributed by atoms with E-state index in [9.17, 15) is 4.79 Å². The lowest BCUT2D eigenvalue weighted by atomic mass is 10.0. The number of hydrogen-bond acceptors (Lipinski definition) is 3. The molecule has 104 valence electrons. The fourth-order valence-electron chi connectivity index (χ4n) is 2.62. The number of carbonyl (C=O) groups excluding carboxylic acids is 1. The van der Waals surface area contributed by atoms with Crippen molar-refractivity contribution in [3.8, 4) is 0 Å². The lowest BCUT2D eigenvalue weighted by molar-refractivity contribution is -0.119. The van der Waals surface area contributed by atoms with Crippen LogP contribution in [0.15, 0.2) is 18.2 Å². The maximum atomic E-state index is 12.2. The minimum Gasteiger partial charge on any atom is -0.377 e. The van der Waals surface area contributed by atoms with Crippen LogP contribution < -0.4 is 15.5 Å². The van der Waals surface area contributed by atoms with Gasteiger partial charge in [-0.1, -0.05) is 6.07 Å². The number of benzene rings is 1. The van der Waals surface area contributed by atoms with Crippen LogP contribution in [0.5, 0.6) is 0 Å². The minimum atomic E-state index is 0.0732. The van der Waals surface area contributed by atoms with Crippen molar-refractivity contribution in [2.75, 3.05) is 30.9 Å². The van der Waals surface area contributed by atoms with E-state index in [1.165, 1.54) is 5.56 Å². The Morgan fingerprint density at radius 1 is 1.42 bits per heavy atom. The third kappa shape index (κ3) is 3.07. The van der Waals surface area contributed by atoms with Gasteiger partial charge in [-0.15, -0.1) is 0 Å². The Bertz CT molecular complexity index is 470. The molecule has 2 rings (SSSR count). The molecule has 4 heteroatoms. The van der Waals surface area contributed by atoms with Gasteiger partial charge in [-0.25, -0.2) is 0 Å². The van der Waals surface area contributed by atoms with Gasteiger partial charge < -0.3 is 15.5 Å². The molecule has 0 saturated carbocycles. The highest BCUT2D eigenvalue weighted by Crippen LogP contribution is 2.24. The summed E-state index contributed by atoms with van der Waals surface area (Å²) in [6.07, 6.45) is 0.916. The monoisotopic (exact) mass is 261 g/mol. The zero-order valence-electron chi connectivity index (χ0n) is 12.2. The van der Waals surface area contributed by atoms with Crippen LogP contribution in [0, 0.1) is 12.8 Å². The van der Waals surface area contributed by atoms with Gasteiger partial charge in [0.2, 0.25) is 5.91 Å². The summed E-state index contributed by atoms with van der Waals surface area (Å²) in [7, 11) is 4.02. The van der Waals surface area contributed by atoms with Gasteiger partial charge in [-0.05, 0) is 44.5 Å².